The molecule has 3 aromatic rings. The van der Waals surface area contributed by atoms with E-state index in [1.165, 1.54) is 13.2 Å². The first-order valence-corrected chi connectivity index (χ1v) is 8.93. The van der Waals surface area contributed by atoms with E-state index in [9.17, 15) is 9.59 Å². The molecular weight excluding hydrogens is 372 g/mol. The van der Waals surface area contributed by atoms with Gasteiger partial charge in [-0.3, -0.25) is 4.79 Å². The molecule has 0 unspecified atom stereocenters. The maximum absolute atomic E-state index is 12.5. The number of benzene rings is 2. The van der Waals surface area contributed by atoms with Gasteiger partial charge in [-0.25, -0.2) is 4.79 Å². The normalized spacial score (nSPS) is 10.1. The van der Waals surface area contributed by atoms with Crippen LogP contribution in [-0.2, 0) is 4.74 Å². The van der Waals surface area contributed by atoms with Crippen molar-refractivity contribution in [2.75, 3.05) is 24.4 Å². The molecule has 148 valence electrons. The number of nitrogens with one attached hydrogen (secondary N) is 2. The van der Waals surface area contributed by atoms with E-state index in [2.05, 4.69) is 20.8 Å². The Morgan fingerprint density at radius 3 is 2.34 bits per heavy atom. The zero-order valence-electron chi connectivity index (χ0n) is 16.0. The maximum atomic E-state index is 12.5. The lowest BCUT2D eigenvalue weighted by molar-refractivity contribution is 0.0601. The number of amides is 1. The number of esters is 1. The third-order valence-electron chi connectivity index (χ3n) is 3.93. The molecular formula is C21H20N4O4. The van der Waals surface area contributed by atoms with Crippen molar-refractivity contribution >= 4 is 29.1 Å². The predicted molar refractivity (Wildman–Crippen MR) is 109 cm³/mol. The van der Waals surface area contributed by atoms with Crippen molar-refractivity contribution < 1.29 is 19.1 Å². The minimum absolute atomic E-state index is 0.142. The molecule has 0 aliphatic carbocycles. The number of hydrogen-bond acceptors (Lipinski definition) is 7. The third-order valence-corrected chi connectivity index (χ3v) is 3.93. The summed E-state index contributed by atoms with van der Waals surface area (Å²) in [5.41, 5.74) is 1.58. The molecule has 1 amide bonds. The Balaban J connectivity index is 1.73. The second-order valence-corrected chi connectivity index (χ2v) is 5.85. The van der Waals surface area contributed by atoms with Gasteiger partial charge in [0.1, 0.15) is 5.75 Å². The van der Waals surface area contributed by atoms with E-state index in [4.69, 9.17) is 9.47 Å². The first-order chi connectivity index (χ1) is 14.1. The van der Waals surface area contributed by atoms with Crippen LogP contribution in [0.15, 0.2) is 60.7 Å². The van der Waals surface area contributed by atoms with Crippen LogP contribution >= 0.6 is 0 Å². The number of rotatable bonds is 7. The molecule has 1 heterocycles. The Labute approximate surface area is 167 Å². The first kappa shape index (κ1) is 19.8. The molecule has 0 spiro atoms. The number of methoxy groups -OCH3 is 1. The lowest BCUT2D eigenvalue weighted by Crippen LogP contribution is -2.15. The third kappa shape index (κ3) is 4.86. The topological polar surface area (TPSA) is 102 Å². The van der Waals surface area contributed by atoms with E-state index in [0.717, 1.165) is 0 Å². The average molecular weight is 392 g/mol. The summed E-state index contributed by atoms with van der Waals surface area (Å²) in [6.45, 7) is 2.36. The number of nitrogens with zero attached hydrogens (tertiary/aromatic N) is 2. The summed E-state index contributed by atoms with van der Waals surface area (Å²) < 4.78 is 10.3. The first-order valence-electron chi connectivity index (χ1n) is 8.93. The average Bonchev–Trinajstić information content (AvgIpc) is 2.75. The summed E-state index contributed by atoms with van der Waals surface area (Å²) in [4.78, 5) is 24.3. The fourth-order valence-corrected chi connectivity index (χ4v) is 2.58. The summed E-state index contributed by atoms with van der Waals surface area (Å²) in [6.07, 6.45) is 0. The number of ether oxygens (including phenoxy) is 2. The monoisotopic (exact) mass is 392 g/mol. The van der Waals surface area contributed by atoms with Gasteiger partial charge in [0.15, 0.2) is 11.5 Å². The molecule has 0 aliphatic rings. The van der Waals surface area contributed by atoms with Crippen LogP contribution in [0, 0.1) is 0 Å². The van der Waals surface area contributed by atoms with Gasteiger partial charge in [0.05, 0.1) is 30.7 Å². The molecule has 3 rings (SSSR count). The van der Waals surface area contributed by atoms with Gasteiger partial charge in [-0.1, -0.05) is 24.3 Å². The molecule has 1 aromatic heterocycles. The quantitative estimate of drug-likeness (QED) is 0.592. The Morgan fingerprint density at radius 2 is 1.66 bits per heavy atom. The number of carbonyl (C=O) groups excluding carboxylic acids is 2. The van der Waals surface area contributed by atoms with Crippen LogP contribution in [0.3, 0.4) is 0 Å². The maximum Gasteiger partial charge on any atom is 0.339 e. The SMILES string of the molecule is CCOc1ccccc1NC(=O)c1ccc(Nc2ccccc2C(=O)OC)nn1. The van der Waals surface area contributed by atoms with Crippen LogP contribution in [-0.4, -0.2) is 35.8 Å². The minimum atomic E-state index is -0.468. The summed E-state index contributed by atoms with van der Waals surface area (Å²) in [5, 5.41) is 13.7. The number of anilines is 3. The lowest BCUT2D eigenvalue weighted by Gasteiger charge is -2.11. The molecule has 2 N–H and O–H groups in total. The van der Waals surface area contributed by atoms with Crippen LogP contribution < -0.4 is 15.4 Å². The highest BCUT2D eigenvalue weighted by atomic mass is 16.5. The molecule has 8 heteroatoms. The number of para-hydroxylation sites is 3. The van der Waals surface area contributed by atoms with E-state index in [0.29, 0.717) is 35.1 Å². The minimum Gasteiger partial charge on any atom is -0.492 e. The van der Waals surface area contributed by atoms with E-state index in [-0.39, 0.29) is 5.69 Å². The van der Waals surface area contributed by atoms with E-state index in [1.54, 1.807) is 48.5 Å². The van der Waals surface area contributed by atoms with E-state index in [1.807, 2.05) is 13.0 Å². The van der Waals surface area contributed by atoms with Crippen molar-refractivity contribution in [1.82, 2.24) is 10.2 Å². The molecule has 2 aromatic carbocycles. The van der Waals surface area contributed by atoms with Gasteiger partial charge in [0.25, 0.3) is 5.91 Å². The van der Waals surface area contributed by atoms with Crippen LogP contribution in [0.25, 0.3) is 0 Å². The van der Waals surface area contributed by atoms with Gasteiger partial charge in [0.2, 0.25) is 0 Å². The molecule has 0 atom stereocenters. The summed E-state index contributed by atoms with van der Waals surface area (Å²) in [5.74, 6) is 0.0813. The van der Waals surface area contributed by atoms with Crippen molar-refractivity contribution in [3.8, 4) is 5.75 Å². The Morgan fingerprint density at radius 1 is 0.931 bits per heavy atom. The van der Waals surface area contributed by atoms with Gasteiger partial charge in [0, 0.05) is 0 Å². The van der Waals surface area contributed by atoms with Crippen LogP contribution in [0.2, 0.25) is 0 Å². The fourth-order valence-electron chi connectivity index (χ4n) is 2.58. The number of hydrogen-bond donors (Lipinski definition) is 2. The highest BCUT2D eigenvalue weighted by Crippen LogP contribution is 2.24. The lowest BCUT2D eigenvalue weighted by atomic mass is 10.2. The second kappa shape index (κ2) is 9.32. The Hall–Kier alpha value is -3.94. The van der Waals surface area contributed by atoms with Crippen molar-refractivity contribution in [3.63, 3.8) is 0 Å². The van der Waals surface area contributed by atoms with Crippen LogP contribution in [0.1, 0.15) is 27.8 Å². The van der Waals surface area contributed by atoms with Crippen molar-refractivity contribution in [1.29, 1.82) is 0 Å². The highest BCUT2D eigenvalue weighted by molar-refractivity contribution is 6.03. The van der Waals surface area contributed by atoms with Gasteiger partial charge >= 0.3 is 5.97 Å². The molecule has 0 saturated heterocycles. The molecule has 0 aliphatic heterocycles. The zero-order chi connectivity index (χ0) is 20.6. The van der Waals surface area contributed by atoms with E-state index >= 15 is 0 Å². The molecule has 29 heavy (non-hydrogen) atoms. The zero-order valence-corrected chi connectivity index (χ0v) is 16.0. The summed E-state index contributed by atoms with van der Waals surface area (Å²) in [7, 11) is 1.32. The van der Waals surface area contributed by atoms with Gasteiger partial charge in [-0.2, -0.15) is 0 Å². The predicted octanol–water partition coefficient (Wildman–Crippen LogP) is 3.66. The standard InChI is InChI=1S/C21H20N4O4/c1-3-29-18-11-7-6-10-16(18)23-20(26)17-12-13-19(25-24-17)22-15-9-5-4-8-14(15)21(27)28-2/h4-13H,3H2,1-2H3,(H,22,25)(H,23,26). The van der Waals surface area contributed by atoms with Crippen LogP contribution in [0.5, 0.6) is 5.75 Å². The molecule has 8 nitrogen and oxygen atoms in total. The number of carbonyl (C=O) groups is 2. The summed E-state index contributed by atoms with van der Waals surface area (Å²) >= 11 is 0. The molecule has 0 saturated carbocycles. The second-order valence-electron chi connectivity index (χ2n) is 5.85. The molecule has 0 fully saturated rings. The van der Waals surface area contributed by atoms with Crippen molar-refractivity contribution in [2.24, 2.45) is 0 Å². The Kier molecular flexibility index (Phi) is 6.36. The smallest absolute Gasteiger partial charge is 0.339 e. The molecule has 0 radical (unpaired) electrons. The van der Waals surface area contributed by atoms with Crippen molar-refractivity contribution in [3.05, 3.63) is 71.9 Å². The van der Waals surface area contributed by atoms with Gasteiger partial charge in [-0.05, 0) is 43.3 Å². The largest absolute Gasteiger partial charge is 0.492 e. The fraction of sp³-hybridized carbons (Fsp3) is 0.143. The van der Waals surface area contributed by atoms with Crippen molar-refractivity contribution in [2.45, 2.75) is 6.92 Å². The Bertz CT molecular complexity index is 1010. The number of aromatic nitrogens is 2. The van der Waals surface area contributed by atoms with Gasteiger partial charge in [-0.15, -0.1) is 10.2 Å². The van der Waals surface area contributed by atoms with Gasteiger partial charge < -0.3 is 20.1 Å². The highest BCUT2D eigenvalue weighted by Gasteiger charge is 2.14. The molecule has 0 bridgehead atoms. The summed E-state index contributed by atoms with van der Waals surface area (Å²) in [6, 6.07) is 17.2. The van der Waals surface area contributed by atoms with E-state index < -0.39 is 11.9 Å². The van der Waals surface area contributed by atoms with Crippen LogP contribution in [0.4, 0.5) is 17.2 Å².